The predicted octanol–water partition coefficient (Wildman–Crippen LogP) is 4.35. The Morgan fingerprint density at radius 3 is 2.48 bits per heavy atom. The lowest BCUT2D eigenvalue weighted by Crippen LogP contribution is -2.42. The Hall–Kier alpha value is -2.16. The average Bonchev–Trinajstić information content (AvgIpc) is 3.06. The highest BCUT2D eigenvalue weighted by Gasteiger charge is 2.30. The van der Waals surface area contributed by atoms with Gasteiger partial charge < -0.3 is 9.64 Å². The zero-order chi connectivity index (χ0) is 22.1. The molecule has 0 saturated carbocycles. The van der Waals surface area contributed by atoms with Crippen LogP contribution < -0.4 is 5.56 Å². The van der Waals surface area contributed by atoms with E-state index in [0.29, 0.717) is 36.8 Å². The van der Waals surface area contributed by atoms with Crippen molar-refractivity contribution >= 4 is 39.2 Å². The number of nitrogens with zero attached hydrogens (tertiary/aromatic N) is 3. The number of fused-ring (bicyclic) bond motifs is 1. The van der Waals surface area contributed by atoms with Gasteiger partial charge >= 0.3 is 0 Å². The van der Waals surface area contributed by atoms with E-state index in [4.69, 9.17) is 9.72 Å². The maximum absolute atomic E-state index is 13.5. The van der Waals surface area contributed by atoms with Crippen LogP contribution in [0.4, 0.5) is 0 Å². The zero-order valence-electron chi connectivity index (χ0n) is 18.3. The van der Waals surface area contributed by atoms with Crippen LogP contribution in [0, 0.1) is 13.8 Å². The fourth-order valence-corrected chi connectivity index (χ4v) is 6.15. The SMILES string of the molecule is Cc1sc2nc(SC(C(=O)N3CCOCC3)c3ccccc3)n(C(C)C)c(=O)c2c1C. The number of thioether (sulfide) groups is 1. The molecule has 164 valence electrons. The monoisotopic (exact) mass is 457 g/mol. The molecule has 0 N–H and O–H groups in total. The lowest BCUT2D eigenvalue weighted by molar-refractivity contribution is -0.134. The number of thiophene rings is 1. The van der Waals surface area contributed by atoms with Crippen LogP contribution in [0.5, 0.6) is 0 Å². The quantitative estimate of drug-likeness (QED) is 0.421. The van der Waals surface area contributed by atoms with Crippen LogP contribution in [0.1, 0.15) is 41.1 Å². The molecule has 1 amide bonds. The van der Waals surface area contributed by atoms with Gasteiger partial charge in [-0.3, -0.25) is 14.2 Å². The molecule has 0 spiro atoms. The Balaban J connectivity index is 1.82. The van der Waals surface area contributed by atoms with Gasteiger partial charge in [0.1, 0.15) is 10.1 Å². The summed E-state index contributed by atoms with van der Waals surface area (Å²) in [5.41, 5.74) is 1.87. The third-order valence-corrected chi connectivity index (χ3v) is 7.90. The zero-order valence-corrected chi connectivity index (χ0v) is 19.9. The molecule has 2 aromatic heterocycles. The van der Waals surface area contributed by atoms with Gasteiger partial charge in [0.2, 0.25) is 5.91 Å². The van der Waals surface area contributed by atoms with Gasteiger partial charge in [-0.15, -0.1) is 11.3 Å². The summed E-state index contributed by atoms with van der Waals surface area (Å²) in [6.45, 7) is 10.2. The molecule has 6 nitrogen and oxygen atoms in total. The van der Waals surface area contributed by atoms with E-state index < -0.39 is 5.25 Å². The second-order valence-corrected chi connectivity index (χ2v) is 10.2. The number of hydrogen-bond acceptors (Lipinski definition) is 6. The van der Waals surface area contributed by atoms with Gasteiger partial charge in [-0.25, -0.2) is 4.98 Å². The number of ether oxygens (including phenoxy) is 1. The number of aryl methyl sites for hydroxylation is 2. The molecule has 3 aromatic rings. The van der Waals surface area contributed by atoms with Gasteiger partial charge in [0.05, 0.1) is 18.6 Å². The fourth-order valence-electron chi connectivity index (χ4n) is 3.77. The summed E-state index contributed by atoms with van der Waals surface area (Å²) < 4.78 is 7.16. The molecule has 0 radical (unpaired) electrons. The summed E-state index contributed by atoms with van der Waals surface area (Å²) in [5, 5.41) is 0.802. The molecular weight excluding hydrogens is 430 g/mol. The van der Waals surface area contributed by atoms with Crippen LogP contribution in [-0.4, -0.2) is 46.7 Å². The molecule has 4 rings (SSSR count). The number of benzene rings is 1. The number of carbonyl (C=O) groups is 1. The van der Waals surface area contributed by atoms with E-state index in [0.717, 1.165) is 20.8 Å². The number of amides is 1. The van der Waals surface area contributed by atoms with Gasteiger partial charge in [0.25, 0.3) is 5.56 Å². The van der Waals surface area contributed by atoms with Crippen LogP contribution >= 0.6 is 23.1 Å². The van der Waals surface area contributed by atoms with Crippen molar-refractivity contribution in [2.24, 2.45) is 0 Å². The number of aromatic nitrogens is 2. The fraction of sp³-hybridized carbons (Fsp3) is 0.435. The van der Waals surface area contributed by atoms with Gasteiger partial charge in [-0.05, 0) is 38.8 Å². The van der Waals surface area contributed by atoms with Gasteiger partial charge in [-0.2, -0.15) is 0 Å². The lowest BCUT2D eigenvalue weighted by Gasteiger charge is -2.30. The van der Waals surface area contributed by atoms with Crippen LogP contribution in [0.2, 0.25) is 0 Å². The first-order valence-corrected chi connectivity index (χ1v) is 12.2. The summed E-state index contributed by atoms with van der Waals surface area (Å²) in [7, 11) is 0. The van der Waals surface area contributed by atoms with Crippen molar-refractivity contribution in [3.63, 3.8) is 0 Å². The maximum Gasteiger partial charge on any atom is 0.263 e. The van der Waals surface area contributed by atoms with E-state index in [1.807, 2.05) is 62.9 Å². The van der Waals surface area contributed by atoms with Crippen LogP contribution in [-0.2, 0) is 9.53 Å². The van der Waals surface area contributed by atoms with Gasteiger partial charge in [0, 0.05) is 24.0 Å². The Labute approximate surface area is 190 Å². The molecular formula is C23H27N3O3S2. The standard InChI is InChI=1S/C23H27N3O3S2/c1-14(2)26-21(27)18-15(3)16(4)30-20(18)24-23(26)31-19(17-8-6-5-7-9-17)22(28)25-10-12-29-13-11-25/h5-9,14,19H,10-13H2,1-4H3. The minimum atomic E-state index is -0.476. The van der Waals surface area contributed by atoms with E-state index >= 15 is 0 Å². The minimum Gasteiger partial charge on any atom is -0.378 e. The minimum absolute atomic E-state index is 0.0303. The van der Waals surface area contributed by atoms with Crippen molar-refractivity contribution in [2.75, 3.05) is 26.3 Å². The molecule has 0 aliphatic carbocycles. The van der Waals surface area contributed by atoms with Gasteiger partial charge in [-0.1, -0.05) is 42.1 Å². The van der Waals surface area contributed by atoms with Crippen LogP contribution in [0.25, 0.3) is 10.2 Å². The summed E-state index contributed by atoms with van der Waals surface area (Å²) in [5.74, 6) is 0.0303. The van der Waals surface area contributed by atoms with E-state index in [9.17, 15) is 9.59 Å². The topological polar surface area (TPSA) is 64.4 Å². The van der Waals surface area contributed by atoms with Crippen molar-refractivity contribution < 1.29 is 9.53 Å². The highest BCUT2D eigenvalue weighted by atomic mass is 32.2. The summed E-state index contributed by atoms with van der Waals surface area (Å²) in [6.07, 6.45) is 0. The van der Waals surface area contributed by atoms with Gasteiger partial charge in [0.15, 0.2) is 5.16 Å². The van der Waals surface area contributed by atoms with E-state index in [1.165, 1.54) is 23.1 Å². The molecule has 1 unspecified atom stereocenters. The third kappa shape index (κ3) is 4.29. The second kappa shape index (κ2) is 9.14. The Bertz CT molecular complexity index is 1150. The third-order valence-electron chi connectivity index (χ3n) is 5.59. The summed E-state index contributed by atoms with van der Waals surface area (Å²) in [4.78, 5) is 35.5. The number of carbonyl (C=O) groups excluding carboxylic acids is 1. The average molecular weight is 458 g/mol. The molecule has 8 heteroatoms. The molecule has 31 heavy (non-hydrogen) atoms. The first-order valence-electron chi connectivity index (χ1n) is 10.5. The van der Waals surface area contributed by atoms with Crippen molar-refractivity contribution in [2.45, 2.75) is 44.1 Å². The van der Waals surface area contributed by atoms with Crippen molar-refractivity contribution in [1.29, 1.82) is 0 Å². The van der Waals surface area contributed by atoms with E-state index in [2.05, 4.69) is 0 Å². The van der Waals surface area contributed by atoms with E-state index in [-0.39, 0.29) is 17.5 Å². The normalized spacial score (nSPS) is 15.6. The Kier molecular flexibility index (Phi) is 6.50. The highest BCUT2D eigenvalue weighted by Crippen LogP contribution is 2.38. The van der Waals surface area contributed by atoms with E-state index in [1.54, 1.807) is 4.57 Å². The van der Waals surface area contributed by atoms with Crippen molar-refractivity contribution in [3.05, 3.63) is 56.7 Å². The Morgan fingerprint density at radius 1 is 1.16 bits per heavy atom. The predicted molar refractivity (Wildman–Crippen MR) is 126 cm³/mol. The second-order valence-electron chi connectivity index (χ2n) is 7.97. The first-order chi connectivity index (χ1) is 14.9. The summed E-state index contributed by atoms with van der Waals surface area (Å²) >= 11 is 2.91. The molecule has 1 fully saturated rings. The molecule has 1 aliphatic heterocycles. The molecule has 1 saturated heterocycles. The molecule has 1 aliphatic rings. The van der Waals surface area contributed by atoms with Crippen LogP contribution in [0.15, 0.2) is 40.3 Å². The Morgan fingerprint density at radius 2 is 1.84 bits per heavy atom. The molecule has 1 aromatic carbocycles. The smallest absolute Gasteiger partial charge is 0.263 e. The first kappa shape index (κ1) is 22.0. The van der Waals surface area contributed by atoms with Crippen molar-refractivity contribution in [1.82, 2.24) is 14.5 Å². The highest BCUT2D eigenvalue weighted by molar-refractivity contribution is 8.00. The van der Waals surface area contributed by atoms with Crippen molar-refractivity contribution in [3.8, 4) is 0 Å². The molecule has 0 bridgehead atoms. The lowest BCUT2D eigenvalue weighted by atomic mass is 10.1. The largest absolute Gasteiger partial charge is 0.378 e. The number of morpholine rings is 1. The molecule has 1 atom stereocenters. The molecule has 3 heterocycles. The number of hydrogen-bond donors (Lipinski definition) is 0. The maximum atomic E-state index is 13.5. The summed E-state index contributed by atoms with van der Waals surface area (Å²) in [6, 6.07) is 9.68. The number of rotatable bonds is 5. The van der Waals surface area contributed by atoms with Crippen LogP contribution in [0.3, 0.4) is 0 Å².